The maximum atomic E-state index is 12.7. The van der Waals surface area contributed by atoms with Crippen molar-refractivity contribution in [3.05, 3.63) is 170 Å². The van der Waals surface area contributed by atoms with Gasteiger partial charge in [0.1, 0.15) is 6.61 Å². The van der Waals surface area contributed by atoms with Gasteiger partial charge in [0.15, 0.2) is 6.10 Å². The van der Waals surface area contributed by atoms with Crippen LogP contribution >= 0.6 is 7.82 Å². The van der Waals surface area contributed by atoms with Crippen LogP contribution in [-0.4, -0.2) is 49.3 Å². The highest BCUT2D eigenvalue weighted by molar-refractivity contribution is 7.47. The molecule has 81 heavy (non-hydrogen) atoms. The molecule has 0 rings (SSSR count). The van der Waals surface area contributed by atoms with Crippen molar-refractivity contribution in [1.82, 2.24) is 0 Å². The molecule has 0 aliphatic heterocycles. The third-order valence-corrected chi connectivity index (χ3v) is 13.6. The minimum Gasteiger partial charge on any atom is -0.462 e. The van der Waals surface area contributed by atoms with E-state index in [2.05, 4.69) is 184 Å². The molecule has 0 aromatic heterocycles. The Labute approximate surface area is 495 Å². The van der Waals surface area contributed by atoms with Crippen LogP contribution < -0.4 is 5.73 Å². The summed E-state index contributed by atoms with van der Waals surface area (Å²) in [5.74, 6) is -0.860. The Balaban J connectivity index is 4.05. The molecule has 456 valence electrons. The fourth-order valence-electron chi connectivity index (χ4n) is 8.01. The van der Waals surface area contributed by atoms with Crippen molar-refractivity contribution in [2.75, 3.05) is 26.4 Å². The van der Waals surface area contributed by atoms with E-state index in [1.807, 2.05) is 0 Å². The summed E-state index contributed by atoms with van der Waals surface area (Å²) in [6.45, 7) is 3.48. The van der Waals surface area contributed by atoms with Crippen molar-refractivity contribution < 1.29 is 37.6 Å². The maximum absolute atomic E-state index is 12.7. The number of unbranched alkanes of at least 4 members (excludes halogenated alkanes) is 16. The van der Waals surface area contributed by atoms with Crippen molar-refractivity contribution >= 4 is 19.8 Å². The third kappa shape index (κ3) is 64.4. The normalized spacial score (nSPS) is 14.2. The summed E-state index contributed by atoms with van der Waals surface area (Å²) in [6.07, 6.45) is 95.5. The van der Waals surface area contributed by atoms with Crippen molar-refractivity contribution in [3.63, 3.8) is 0 Å². The van der Waals surface area contributed by atoms with E-state index in [1.165, 1.54) is 51.4 Å². The van der Waals surface area contributed by atoms with Crippen molar-refractivity contribution in [2.24, 2.45) is 5.73 Å². The van der Waals surface area contributed by atoms with Gasteiger partial charge in [0.2, 0.25) is 0 Å². The fourth-order valence-corrected chi connectivity index (χ4v) is 8.77. The number of allylic oxidation sites excluding steroid dienone is 28. The zero-order valence-electron chi connectivity index (χ0n) is 50.9. The SMILES string of the molecule is CC/C=C\C/C=C\C/C=C\C/C=C\C/C=C\C/C=C\C/C=C\CCCCCCCCCCCC(=O)OC(COC(=O)CCCCCCCCC/C=C\C/C=C\C/C=C\C/C=C\C/C=C\C/C=C\C/C=C\CC)COP(=O)(O)OCCN. The van der Waals surface area contributed by atoms with Gasteiger partial charge in [-0.05, 0) is 128 Å². The number of phosphoric acid groups is 1. The largest absolute Gasteiger partial charge is 0.472 e. The standard InChI is InChI=1S/C71H114NO8P/c1-3-5-7-9-11-13-15-17-19-21-23-25-27-29-31-33-34-36-38-40-42-44-46-48-50-52-54-56-58-60-62-64-71(74)80-69(68-79-81(75,76)78-66-65-72)67-77-70(73)63-61-59-57-55-53-51-49-47-45-43-41-39-37-35-32-30-28-26-24-22-20-18-16-14-12-10-8-6-4-2/h5-8,11-14,17-20,23-26,29-32,34,36-37,39-40,42-43,45,69H,3-4,9-10,15-16,21-22,27-28,33,35,38,41,44,46-68,72H2,1-2H3,(H,75,76)/b7-5-,8-6-,13-11-,14-12-,19-17-,20-18-,25-23-,26-24-,31-29-,32-30-,36-34-,39-37-,42-40-,45-43-. The lowest BCUT2D eigenvalue weighted by atomic mass is 10.1. The topological polar surface area (TPSA) is 134 Å². The smallest absolute Gasteiger partial charge is 0.462 e. The first-order chi connectivity index (χ1) is 39.8. The van der Waals surface area contributed by atoms with Crippen LogP contribution in [0.5, 0.6) is 0 Å². The lowest BCUT2D eigenvalue weighted by Crippen LogP contribution is -2.29. The molecule has 0 fully saturated rings. The summed E-state index contributed by atoms with van der Waals surface area (Å²) in [5, 5.41) is 0. The average Bonchev–Trinajstić information content (AvgIpc) is 3.46. The van der Waals surface area contributed by atoms with Crippen LogP contribution in [0.25, 0.3) is 0 Å². The van der Waals surface area contributed by atoms with Gasteiger partial charge < -0.3 is 20.1 Å². The second kappa shape index (κ2) is 64.5. The molecule has 0 heterocycles. The molecule has 0 radical (unpaired) electrons. The van der Waals surface area contributed by atoms with Gasteiger partial charge >= 0.3 is 19.8 Å². The van der Waals surface area contributed by atoms with Crippen LogP contribution in [0.1, 0.15) is 232 Å². The molecule has 0 amide bonds. The first kappa shape index (κ1) is 76.4. The van der Waals surface area contributed by atoms with Crippen molar-refractivity contribution in [3.8, 4) is 0 Å². The first-order valence-corrected chi connectivity index (χ1v) is 33.1. The second-order valence-corrected chi connectivity index (χ2v) is 21.6. The van der Waals surface area contributed by atoms with Crippen LogP contribution in [0.3, 0.4) is 0 Å². The lowest BCUT2D eigenvalue weighted by Gasteiger charge is -2.19. The van der Waals surface area contributed by atoms with Crippen LogP contribution in [0.2, 0.25) is 0 Å². The van der Waals surface area contributed by atoms with Gasteiger partial charge in [-0.3, -0.25) is 18.6 Å². The Morgan fingerprint density at radius 3 is 0.951 bits per heavy atom. The van der Waals surface area contributed by atoms with E-state index in [0.29, 0.717) is 12.8 Å². The summed E-state index contributed by atoms with van der Waals surface area (Å²) in [4.78, 5) is 35.3. The number of ether oxygens (including phenoxy) is 2. The van der Waals surface area contributed by atoms with Crippen LogP contribution in [0, 0.1) is 0 Å². The van der Waals surface area contributed by atoms with E-state index in [-0.39, 0.29) is 32.6 Å². The van der Waals surface area contributed by atoms with Crippen LogP contribution in [0.15, 0.2) is 170 Å². The molecule has 0 aromatic carbocycles. The Bertz CT molecular complexity index is 1930. The highest BCUT2D eigenvalue weighted by Crippen LogP contribution is 2.43. The van der Waals surface area contributed by atoms with E-state index in [4.69, 9.17) is 24.3 Å². The maximum Gasteiger partial charge on any atom is 0.472 e. The number of hydrogen-bond donors (Lipinski definition) is 2. The molecule has 0 saturated carbocycles. The molecule has 9 nitrogen and oxygen atoms in total. The zero-order chi connectivity index (χ0) is 58.7. The Morgan fingerprint density at radius 1 is 0.370 bits per heavy atom. The molecular formula is C71H114NO8P. The van der Waals surface area contributed by atoms with Crippen molar-refractivity contribution in [1.29, 1.82) is 0 Å². The number of rotatable bonds is 57. The van der Waals surface area contributed by atoms with E-state index in [9.17, 15) is 19.0 Å². The minimum atomic E-state index is -4.41. The number of esters is 2. The fraction of sp³-hybridized carbons (Fsp3) is 0.577. The van der Waals surface area contributed by atoms with Gasteiger partial charge in [-0.15, -0.1) is 0 Å². The lowest BCUT2D eigenvalue weighted by molar-refractivity contribution is -0.161. The number of phosphoric ester groups is 1. The molecule has 3 N–H and O–H groups in total. The number of hydrogen-bond acceptors (Lipinski definition) is 8. The first-order valence-electron chi connectivity index (χ1n) is 31.6. The number of nitrogens with two attached hydrogens (primary N) is 1. The number of carbonyl (C=O) groups excluding carboxylic acids is 2. The molecule has 0 saturated heterocycles. The highest BCUT2D eigenvalue weighted by atomic mass is 31.2. The van der Waals surface area contributed by atoms with Gasteiger partial charge in [0.05, 0.1) is 13.2 Å². The monoisotopic (exact) mass is 1140 g/mol. The molecule has 0 aliphatic rings. The molecule has 0 spiro atoms. The summed E-state index contributed by atoms with van der Waals surface area (Å²) in [5.41, 5.74) is 5.39. The predicted molar refractivity (Wildman–Crippen MR) is 348 cm³/mol. The van der Waals surface area contributed by atoms with Gasteiger partial charge in [-0.2, -0.15) is 0 Å². The Hall–Kier alpha value is -4.63. The molecule has 10 heteroatoms. The van der Waals surface area contributed by atoms with Gasteiger partial charge in [0, 0.05) is 19.4 Å². The van der Waals surface area contributed by atoms with E-state index in [0.717, 1.165) is 141 Å². The number of carbonyl (C=O) groups is 2. The molecule has 2 atom stereocenters. The molecule has 0 bridgehead atoms. The highest BCUT2D eigenvalue weighted by Gasteiger charge is 2.26. The van der Waals surface area contributed by atoms with Crippen LogP contribution in [-0.2, 0) is 32.7 Å². The summed E-state index contributed by atoms with van der Waals surface area (Å²) >= 11 is 0. The minimum absolute atomic E-state index is 0.0412. The summed E-state index contributed by atoms with van der Waals surface area (Å²) < 4.78 is 33.1. The van der Waals surface area contributed by atoms with Crippen LogP contribution in [0.4, 0.5) is 0 Å². The Morgan fingerprint density at radius 2 is 0.642 bits per heavy atom. The van der Waals surface area contributed by atoms with Crippen molar-refractivity contribution in [2.45, 2.75) is 238 Å². The van der Waals surface area contributed by atoms with E-state index < -0.39 is 32.5 Å². The quantitative estimate of drug-likeness (QED) is 0.0264. The predicted octanol–water partition coefficient (Wildman–Crippen LogP) is 20.6. The Kier molecular flexibility index (Phi) is 60.8. The molecule has 0 aliphatic carbocycles. The van der Waals surface area contributed by atoms with Gasteiger partial charge in [0.25, 0.3) is 0 Å². The molecular weight excluding hydrogens is 1030 g/mol. The average molecular weight is 1140 g/mol. The molecule has 0 aromatic rings. The van der Waals surface area contributed by atoms with E-state index in [1.54, 1.807) is 0 Å². The third-order valence-electron chi connectivity index (χ3n) is 12.6. The van der Waals surface area contributed by atoms with Gasteiger partial charge in [-0.25, -0.2) is 4.57 Å². The zero-order valence-corrected chi connectivity index (χ0v) is 51.8. The summed E-state index contributed by atoms with van der Waals surface area (Å²) in [7, 11) is -4.41. The summed E-state index contributed by atoms with van der Waals surface area (Å²) in [6, 6.07) is 0. The second-order valence-electron chi connectivity index (χ2n) is 20.2. The van der Waals surface area contributed by atoms with E-state index >= 15 is 0 Å². The van der Waals surface area contributed by atoms with Gasteiger partial charge in [-0.1, -0.05) is 261 Å². The molecule has 2 unspecified atom stereocenters.